The van der Waals surface area contributed by atoms with Crippen LogP contribution in [-0.4, -0.2) is 12.1 Å². The molecule has 53 valence electrons. The lowest BCUT2D eigenvalue weighted by Gasteiger charge is -2.00. The number of rotatable bonds is 2. The normalized spacial score (nSPS) is 9.70. The van der Waals surface area contributed by atoms with Crippen molar-refractivity contribution in [2.24, 2.45) is 0 Å². The molecule has 0 saturated carbocycles. The number of nitrogens with two attached hydrogens (primary N) is 1. The Kier molecular flexibility index (Phi) is 2.23. The SMILES string of the molecule is COCc1ccn[c]c1N. The van der Waals surface area contributed by atoms with Crippen molar-refractivity contribution in [1.82, 2.24) is 4.98 Å². The summed E-state index contributed by atoms with van der Waals surface area (Å²) >= 11 is 0. The molecule has 0 atom stereocenters. The molecule has 0 fully saturated rings. The van der Waals surface area contributed by atoms with Crippen LogP contribution in [0.15, 0.2) is 12.3 Å². The quantitative estimate of drug-likeness (QED) is 0.649. The fourth-order valence-electron chi connectivity index (χ4n) is 0.677. The van der Waals surface area contributed by atoms with Gasteiger partial charge in [-0.2, -0.15) is 0 Å². The molecule has 3 nitrogen and oxygen atoms in total. The van der Waals surface area contributed by atoms with Crippen LogP contribution in [-0.2, 0) is 11.3 Å². The minimum Gasteiger partial charge on any atom is -0.397 e. The summed E-state index contributed by atoms with van der Waals surface area (Å²) in [7, 11) is 1.62. The smallest absolute Gasteiger partial charge is 0.114 e. The number of hydrogen-bond donors (Lipinski definition) is 1. The van der Waals surface area contributed by atoms with Gasteiger partial charge in [0.25, 0.3) is 0 Å². The van der Waals surface area contributed by atoms with Crippen molar-refractivity contribution >= 4 is 5.69 Å². The van der Waals surface area contributed by atoms with Crippen molar-refractivity contribution < 1.29 is 4.74 Å². The number of nitrogens with zero attached hydrogens (tertiary/aromatic N) is 1. The summed E-state index contributed by atoms with van der Waals surface area (Å²) in [6.07, 6.45) is 4.28. The number of methoxy groups -OCH3 is 1. The molecule has 1 rings (SSSR count). The molecule has 0 spiro atoms. The van der Waals surface area contributed by atoms with Gasteiger partial charge in [0.05, 0.1) is 12.3 Å². The zero-order chi connectivity index (χ0) is 7.40. The predicted octanol–water partition coefficient (Wildman–Crippen LogP) is 0.610. The van der Waals surface area contributed by atoms with E-state index in [1.807, 2.05) is 6.07 Å². The number of aromatic nitrogens is 1. The Bertz CT molecular complexity index is 213. The average Bonchev–Trinajstić information content (AvgIpc) is 1.94. The second-order valence-electron chi connectivity index (χ2n) is 1.93. The summed E-state index contributed by atoms with van der Waals surface area (Å²) in [6, 6.07) is 1.81. The maximum absolute atomic E-state index is 5.51. The Labute approximate surface area is 59.8 Å². The van der Waals surface area contributed by atoms with Crippen LogP contribution in [0.4, 0.5) is 5.69 Å². The van der Waals surface area contributed by atoms with Crippen molar-refractivity contribution in [3.05, 3.63) is 24.0 Å². The van der Waals surface area contributed by atoms with Gasteiger partial charge in [0.1, 0.15) is 6.20 Å². The number of pyridine rings is 1. The lowest BCUT2D eigenvalue weighted by molar-refractivity contribution is 0.185. The lowest BCUT2D eigenvalue weighted by Crippen LogP contribution is -1.96. The van der Waals surface area contributed by atoms with E-state index in [0.29, 0.717) is 12.3 Å². The van der Waals surface area contributed by atoms with Crippen molar-refractivity contribution in [3.63, 3.8) is 0 Å². The highest BCUT2D eigenvalue weighted by molar-refractivity contribution is 5.42. The van der Waals surface area contributed by atoms with Gasteiger partial charge in [-0.25, -0.2) is 0 Å². The molecule has 0 saturated heterocycles. The van der Waals surface area contributed by atoms with Crippen molar-refractivity contribution in [2.75, 3.05) is 12.8 Å². The van der Waals surface area contributed by atoms with Crippen LogP contribution in [0.3, 0.4) is 0 Å². The summed E-state index contributed by atoms with van der Waals surface area (Å²) < 4.78 is 4.88. The van der Waals surface area contributed by atoms with E-state index in [2.05, 4.69) is 11.2 Å². The van der Waals surface area contributed by atoms with Crippen LogP contribution in [0.25, 0.3) is 0 Å². The van der Waals surface area contributed by atoms with E-state index in [4.69, 9.17) is 10.5 Å². The van der Waals surface area contributed by atoms with Crippen LogP contribution < -0.4 is 5.73 Å². The van der Waals surface area contributed by atoms with E-state index in [9.17, 15) is 0 Å². The molecule has 0 aromatic carbocycles. The van der Waals surface area contributed by atoms with Gasteiger partial charge in [0.2, 0.25) is 0 Å². The molecule has 0 aliphatic rings. The summed E-state index contributed by atoms with van der Waals surface area (Å²) in [4.78, 5) is 3.72. The Morgan fingerprint density at radius 1 is 1.80 bits per heavy atom. The first-order chi connectivity index (χ1) is 4.84. The van der Waals surface area contributed by atoms with Crippen LogP contribution in [0.5, 0.6) is 0 Å². The largest absolute Gasteiger partial charge is 0.397 e. The number of nitrogen functional groups attached to an aromatic ring is 1. The summed E-state index contributed by atoms with van der Waals surface area (Å²) in [5.41, 5.74) is 7.00. The van der Waals surface area contributed by atoms with E-state index in [1.54, 1.807) is 13.3 Å². The van der Waals surface area contributed by atoms with Crippen molar-refractivity contribution in [2.45, 2.75) is 6.61 Å². The van der Waals surface area contributed by atoms with Gasteiger partial charge < -0.3 is 10.5 Å². The highest BCUT2D eigenvalue weighted by Crippen LogP contribution is 2.07. The predicted molar refractivity (Wildman–Crippen MR) is 38.2 cm³/mol. The summed E-state index contributed by atoms with van der Waals surface area (Å²) in [5.74, 6) is 0. The molecule has 10 heavy (non-hydrogen) atoms. The molecule has 0 amide bonds. The fraction of sp³-hybridized carbons (Fsp3) is 0.286. The molecule has 3 heteroatoms. The standard InChI is InChI=1S/C7H9N2O/c1-10-5-6-2-3-9-4-7(6)8/h2-3H,5,8H2,1H3. The first-order valence-electron chi connectivity index (χ1n) is 2.94. The maximum atomic E-state index is 5.51. The second kappa shape index (κ2) is 3.17. The van der Waals surface area contributed by atoms with Gasteiger partial charge in [-0.05, 0) is 6.07 Å². The lowest BCUT2D eigenvalue weighted by atomic mass is 10.2. The molecule has 0 aliphatic carbocycles. The van der Waals surface area contributed by atoms with Gasteiger partial charge >= 0.3 is 0 Å². The number of ether oxygens (including phenoxy) is 1. The topological polar surface area (TPSA) is 48.1 Å². The molecule has 0 bridgehead atoms. The highest BCUT2D eigenvalue weighted by Gasteiger charge is 1.95. The Morgan fingerprint density at radius 3 is 3.20 bits per heavy atom. The van der Waals surface area contributed by atoms with E-state index in [1.165, 1.54) is 0 Å². The van der Waals surface area contributed by atoms with Crippen LogP contribution >= 0.6 is 0 Å². The molecule has 0 aliphatic heterocycles. The molecule has 0 unspecified atom stereocenters. The zero-order valence-corrected chi connectivity index (χ0v) is 5.79. The third-order valence-electron chi connectivity index (χ3n) is 1.18. The van der Waals surface area contributed by atoms with Gasteiger partial charge in [-0.1, -0.05) is 0 Å². The summed E-state index contributed by atoms with van der Waals surface area (Å²) in [5, 5.41) is 0. The second-order valence-corrected chi connectivity index (χ2v) is 1.93. The number of anilines is 1. The third-order valence-corrected chi connectivity index (χ3v) is 1.18. The first kappa shape index (κ1) is 7.02. The molecule has 1 radical (unpaired) electrons. The van der Waals surface area contributed by atoms with Crippen molar-refractivity contribution in [3.8, 4) is 0 Å². The Balaban J connectivity index is 2.81. The van der Waals surface area contributed by atoms with Gasteiger partial charge in [-0.3, -0.25) is 4.98 Å². The first-order valence-corrected chi connectivity index (χ1v) is 2.94. The van der Waals surface area contributed by atoms with Gasteiger partial charge in [-0.15, -0.1) is 0 Å². The van der Waals surface area contributed by atoms with Crippen LogP contribution in [0, 0.1) is 6.20 Å². The zero-order valence-electron chi connectivity index (χ0n) is 5.79. The Morgan fingerprint density at radius 2 is 2.60 bits per heavy atom. The molecule has 1 heterocycles. The fourth-order valence-corrected chi connectivity index (χ4v) is 0.677. The monoisotopic (exact) mass is 137 g/mol. The molecule has 1 aromatic rings. The van der Waals surface area contributed by atoms with Crippen LogP contribution in [0.2, 0.25) is 0 Å². The van der Waals surface area contributed by atoms with E-state index < -0.39 is 0 Å². The molecule has 1 aromatic heterocycles. The van der Waals surface area contributed by atoms with E-state index in [0.717, 1.165) is 5.56 Å². The highest BCUT2D eigenvalue weighted by atomic mass is 16.5. The van der Waals surface area contributed by atoms with Gasteiger partial charge in [0, 0.05) is 18.9 Å². The molecular formula is C7H9N2O. The van der Waals surface area contributed by atoms with E-state index in [-0.39, 0.29) is 0 Å². The van der Waals surface area contributed by atoms with Crippen LogP contribution in [0.1, 0.15) is 5.56 Å². The molecular weight excluding hydrogens is 128 g/mol. The average molecular weight is 137 g/mol. The van der Waals surface area contributed by atoms with E-state index >= 15 is 0 Å². The third kappa shape index (κ3) is 1.45. The number of hydrogen-bond acceptors (Lipinski definition) is 3. The minimum atomic E-state index is 0.519. The van der Waals surface area contributed by atoms with Crippen molar-refractivity contribution in [1.29, 1.82) is 0 Å². The Hall–Kier alpha value is -1.09. The minimum absolute atomic E-state index is 0.519. The molecule has 2 N–H and O–H groups in total. The summed E-state index contributed by atoms with van der Waals surface area (Å²) in [6.45, 7) is 0.519. The maximum Gasteiger partial charge on any atom is 0.114 e. The van der Waals surface area contributed by atoms with Gasteiger partial charge in [0.15, 0.2) is 0 Å².